The summed E-state index contributed by atoms with van der Waals surface area (Å²) in [5.41, 5.74) is 2.60. The quantitative estimate of drug-likeness (QED) is 0.907. The predicted octanol–water partition coefficient (Wildman–Crippen LogP) is 2.33. The summed E-state index contributed by atoms with van der Waals surface area (Å²) < 4.78 is 1.84. The first kappa shape index (κ1) is 13.8. The standard InChI is InChI=1S/C15H21NO3/c1-3-10(2)16-13-7-5-4-6-11(13)8-12(15(16)19)9-14(17)18/h8,10H,3-7,9H2,1-2H3,(H,17,18). The van der Waals surface area contributed by atoms with Gasteiger partial charge in [0, 0.05) is 17.3 Å². The normalized spacial score (nSPS) is 15.9. The fourth-order valence-corrected chi connectivity index (χ4v) is 2.83. The largest absolute Gasteiger partial charge is 0.481 e. The molecule has 1 heterocycles. The van der Waals surface area contributed by atoms with Crippen LogP contribution in [0.5, 0.6) is 0 Å². The number of carbonyl (C=O) groups is 1. The van der Waals surface area contributed by atoms with E-state index in [0.717, 1.165) is 37.8 Å². The molecule has 4 heteroatoms. The van der Waals surface area contributed by atoms with Gasteiger partial charge in [-0.25, -0.2) is 0 Å². The first-order valence-electron chi connectivity index (χ1n) is 7.02. The van der Waals surface area contributed by atoms with Gasteiger partial charge in [-0.1, -0.05) is 6.92 Å². The molecule has 2 rings (SSSR count). The molecule has 0 spiro atoms. The highest BCUT2D eigenvalue weighted by molar-refractivity contribution is 5.70. The summed E-state index contributed by atoms with van der Waals surface area (Å²) in [5.74, 6) is -0.941. The van der Waals surface area contributed by atoms with Crippen molar-refractivity contribution in [3.63, 3.8) is 0 Å². The lowest BCUT2D eigenvalue weighted by Gasteiger charge is -2.25. The highest BCUT2D eigenvalue weighted by Gasteiger charge is 2.20. The lowest BCUT2D eigenvalue weighted by atomic mass is 9.93. The number of carboxylic acids is 1. The number of hydrogen-bond donors (Lipinski definition) is 1. The molecule has 19 heavy (non-hydrogen) atoms. The molecule has 0 amide bonds. The lowest BCUT2D eigenvalue weighted by Crippen LogP contribution is -2.32. The van der Waals surface area contributed by atoms with Gasteiger partial charge in [-0.3, -0.25) is 9.59 Å². The molecule has 0 radical (unpaired) electrons. The van der Waals surface area contributed by atoms with E-state index in [2.05, 4.69) is 6.92 Å². The number of fused-ring (bicyclic) bond motifs is 1. The first-order chi connectivity index (χ1) is 9.04. The summed E-state index contributed by atoms with van der Waals surface area (Å²) in [6.07, 6.45) is 4.83. The van der Waals surface area contributed by atoms with Gasteiger partial charge in [0.25, 0.3) is 5.56 Å². The van der Waals surface area contributed by atoms with Crippen LogP contribution >= 0.6 is 0 Å². The average Bonchev–Trinajstić information content (AvgIpc) is 2.38. The van der Waals surface area contributed by atoms with E-state index < -0.39 is 5.97 Å². The third-order valence-corrected chi connectivity index (χ3v) is 3.99. The van der Waals surface area contributed by atoms with Crippen LogP contribution in [0, 0.1) is 0 Å². The first-order valence-corrected chi connectivity index (χ1v) is 7.02. The monoisotopic (exact) mass is 263 g/mol. The number of hydrogen-bond acceptors (Lipinski definition) is 2. The Bertz CT molecular complexity index is 545. The third-order valence-electron chi connectivity index (χ3n) is 3.99. The summed E-state index contributed by atoms with van der Waals surface area (Å²) in [4.78, 5) is 23.4. The van der Waals surface area contributed by atoms with E-state index in [-0.39, 0.29) is 18.0 Å². The molecular formula is C15H21NO3. The maximum atomic E-state index is 12.5. The van der Waals surface area contributed by atoms with Crippen LogP contribution in [0.15, 0.2) is 10.9 Å². The van der Waals surface area contributed by atoms with Gasteiger partial charge in [-0.15, -0.1) is 0 Å². The molecule has 0 aromatic carbocycles. The fraction of sp³-hybridized carbons (Fsp3) is 0.600. The van der Waals surface area contributed by atoms with E-state index in [9.17, 15) is 9.59 Å². The van der Waals surface area contributed by atoms with Crippen LogP contribution < -0.4 is 5.56 Å². The molecule has 1 unspecified atom stereocenters. The Labute approximate surface area is 113 Å². The number of carboxylic acid groups (broad SMARTS) is 1. The molecular weight excluding hydrogens is 242 g/mol. The van der Waals surface area contributed by atoms with Gasteiger partial charge < -0.3 is 9.67 Å². The van der Waals surface area contributed by atoms with Gasteiger partial charge in [0.05, 0.1) is 6.42 Å². The second-order valence-electron chi connectivity index (χ2n) is 5.35. The minimum atomic E-state index is -0.941. The average molecular weight is 263 g/mol. The van der Waals surface area contributed by atoms with Crippen molar-refractivity contribution in [1.29, 1.82) is 0 Å². The maximum absolute atomic E-state index is 12.5. The van der Waals surface area contributed by atoms with Crippen molar-refractivity contribution < 1.29 is 9.90 Å². The van der Waals surface area contributed by atoms with Crippen molar-refractivity contribution >= 4 is 5.97 Å². The molecule has 1 aromatic heterocycles. The van der Waals surface area contributed by atoms with Crippen LogP contribution in [0.2, 0.25) is 0 Å². The summed E-state index contributed by atoms with van der Waals surface area (Å²) in [6, 6.07) is 1.96. The van der Waals surface area contributed by atoms with Crippen molar-refractivity contribution in [2.24, 2.45) is 0 Å². The van der Waals surface area contributed by atoms with Gasteiger partial charge in [0.2, 0.25) is 0 Å². The van der Waals surface area contributed by atoms with Gasteiger partial charge in [-0.05, 0) is 50.7 Å². The zero-order valence-corrected chi connectivity index (χ0v) is 11.6. The molecule has 4 nitrogen and oxygen atoms in total. The van der Waals surface area contributed by atoms with E-state index in [1.165, 1.54) is 5.56 Å². The number of rotatable bonds is 4. The van der Waals surface area contributed by atoms with Crippen LogP contribution in [0.3, 0.4) is 0 Å². The van der Waals surface area contributed by atoms with Crippen LogP contribution in [0.1, 0.15) is 56.0 Å². The summed E-state index contributed by atoms with van der Waals surface area (Å²) in [7, 11) is 0. The highest BCUT2D eigenvalue weighted by atomic mass is 16.4. The molecule has 1 aliphatic rings. The Morgan fingerprint density at radius 3 is 2.74 bits per heavy atom. The Kier molecular flexibility index (Phi) is 4.08. The molecule has 1 aromatic rings. The Morgan fingerprint density at radius 1 is 1.42 bits per heavy atom. The minimum Gasteiger partial charge on any atom is -0.481 e. The zero-order chi connectivity index (χ0) is 14.0. The maximum Gasteiger partial charge on any atom is 0.308 e. The van der Waals surface area contributed by atoms with Gasteiger partial charge in [0.15, 0.2) is 0 Å². The summed E-state index contributed by atoms with van der Waals surface area (Å²) in [6.45, 7) is 4.08. The van der Waals surface area contributed by atoms with Crippen molar-refractivity contribution in [3.8, 4) is 0 Å². The molecule has 0 fully saturated rings. The second-order valence-corrected chi connectivity index (χ2v) is 5.35. The van der Waals surface area contributed by atoms with Gasteiger partial charge in [0.1, 0.15) is 0 Å². The van der Waals surface area contributed by atoms with E-state index in [1.807, 2.05) is 17.6 Å². The molecule has 0 saturated heterocycles. The molecule has 0 saturated carbocycles. The van der Waals surface area contributed by atoms with Crippen molar-refractivity contribution in [2.45, 2.75) is 58.4 Å². The van der Waals surface area contributed by atoms with Gasteiger partial charge >= 0.3 is 5.97 Å². The van der Waals surface area contributed by atoms with Crippen LogP contribution in [-0.2, 0) is 24.1 Å². The molecule has 1 atom stereocenters. The molecule has 1 aliphatic carbocycles. The fourth-order valence-electron chi connectivity index (χ4n) is 2.83. The molecule has 0 bridgehead atoms. The summed E-state index contributed by atoms with van der Waals surface area (Å²) >= 11 is 0. The number of nitrogens with zero attached hydrogens (tertiary/aromatic N) is 1. The van der Waals surface area contributed by atoms with Crippen molar-refractivity contribution in [1.82, 2.24) is 4.57 Å². The smallest absolute Gasteiger partial charge is 0.308 e. The lowest BCUT2D eigenvalue weighted by molar-refractivity contribution is -0.136. The summed E-state index contributed by atoms with van der Waals surface area (Å²) in [5, 5.41) is 8.93. The second kappa shape index (κ2) is 5.59. The number of aliphatic carboxylic acids is 1. The number of aromatic nitrogens is 1. The van der Waals surface area contributed by atoms with E-state index >= 15 is 0 Å². The number of aryl methyl sites for hydroxylation is 1. The Hall–Kier alpha value is -1.58. The topological polar surface area (TPSA) is 59.3 Å². The van der Waals surface area contributed by atoms with Crippen molar-refractivity contribution in [3.05, 3.63) is 33.2 Å². The van der Waals surface area contributed by atoms with E-state index in [0.29, 0.717) is 5.56 Å². The third kappa shape index (κ3) is 2.72. The van der Waals surface area contributed by atoms with E-state index in [1.54, 1.807) is 0 Å². The van der Waals surface area contributed by atoms with Crippen LogP contribution in [0.4, 0.5) is 0 Å². The number of pyridine rings is 1. The Morgan fingerprint density at radius 2 is 2.11 bits per heavy atom. The van der Waals surface area contributed by atoms with Crippen LogP contribution in [0.25, 0.3) is 0 Å². The van der Waals surface area contributed by atoms with Crippen LogP contribution in [-0.4, -0.2) is 15.6 Å². The van der Waals surface area contributed by atoms with Crippen molar-refractivity contribution in [2.75, 3.05) is 0 Å². The molecule has 1 N–H and O–H groups in total. The SMILES string of the molecule is CCC(C)n1c2c(cc(CC(=O)O)c1=O)CCCC2. The van der Waals surface area contributed by atoms with Gasteiger partial charge in [-0.2, -0.15) is 0 Å². The Balaban J connectivity index is 2.60. The molecule has 104 valence electrons. The minimum absolute atomic E-state index is 0.114. The predicted molar refractivity (Wildman–Crippen MR) is 73.7 cm³/mol. The zero-order valence-electron chi connectivity index (χ0n) is 11.6. The van der Waals surface area contributed by atoms with E-state index in [4.69, 9.17) is 5.11 Å². The highest BCUT2D eigenvalue weighted by Crippen LogP contribution is 2.24. The molecule has 0 aliphatic heterocycles.